The molecule has 12 heteroatoms. The van der Waals surface area contributed by atoms with Crippen molar-refractivity contribution in [3.8, 4) is 17.8 Å². The normalized spacial score (nSPS) is 11.8. The van der Waals surface area contributed by atoms with Crippen LogP contribution in [0.3, 0.4) is 0 Å². The summed E-state index contributed by atoms with van der Waals surface area (Å²) in [5.74, 6) is -0.154. The summed E-state index contributed by atoms with van der Waals surface area (Å²) in [5, 5.41) is 12.4. The molecule has 12 nitrogen and oxygen atoms in total. The molecule has 1 amide bonds. The van der Waals surface area contributed by atoms with Gasteiger partial charge in [0.25, 0.3) is 11.0 Å². The van der Waals surface area contributed by atoms with Crippen molar-refractivity contribution in [3.63, 3.8) is 0 Å². The number of hydrogen-bond acceptors (Lipinski definition) is 10. The summed E-state index contributed by atoms with van der Waals surface area (Å²) >= 11 is 0. The van der Waals surface area contributed by atoms with Crippen LogP contribution in [0.5, 0.6) is 17.8 Å². The number of amides is 1. The topological polar surface area (TPSA) is 144 Å². The molecule has 1 aromatic heterocycles. The fourth-order valence-corrected chi connectivity index (χ4v) is 3.93. The van der Waals surface area contributed by atoms with Crippen molar-refractivity contribution >= 4 is 5.91 Å². The van der Waals surface area contributed by atoms with E-state index < -0.39 is 22.7 Å². The van der Waals surface area contributed by atoms with Crippen molar-refractivity contribution in [2.45, 2.75) is 24.5 Å². The van der Waals surface area contributed by atoms with Gasteiger partial charge < -0.3 is 29.1 Å². The highest BCUT2D eigenvalue weighted by Crippen LogP contribution is 2.39. The van der Waals surface area contributed by atoms with Crippen LogP contribution in [0.2, 0.25) is 0 Å². The molecule has 2 aromatic carbocycles. The molecule has 0 bridgehead atoms. The summed E-state index contributed by atoms with van der Waals surface area (Å²) in [5.41, 5.74) is -0.104. The molecule has 0 fully saturated rings. The predicted octanol–water partition coefficient (Wildman–Crippen LogP) is 2.94. The first-order valence-corrected chi connectivity index (χ1v) is 11.8. The molecule has 1 unspecified atom stereocenters. The van der Waals surface area contributed by atoms with Gasteiger partial charge >= 0.3 is 6.01 Å². The number of hydrogen-bond donors (Lipinski definition) is 1. The maximum absolute atomic E-state index is 13.8. The molecule has 0 radical (unpaired) electrons. The maximum Gasteiger partial charge on any atom is 0.324 e. The minimum Gasteiger partial charge on any atom is -0.481 e. The molecule has 0 aliphatic heterocycles. The van der Waals surface area contributed by atoms with E-state index in [2.05, 4.69) is 20.1 Å². The van der Waals surface area contributed by atoms with Gasteiger partial charge in [0.1, 0.15) is 0 Å². The smallest absolute Gasteiger partial charge is 0.324 e. The Morgan fingerprint density at radius 1 is 0.947 bits per heavy atom. The van der Waals surface area contributed by atoms with Gasteiger partial charge in [0.2, 0.25) is 17.9 Å². The molecule has 3 aromatic rings. The second-order valence-corrected chi connectivity index (χ2v) is 7.96. The quantitative estimate of drug-likeness (QED) is 0.178. The molecule has 202 valence electrons. The Hall–Kier alpha value is -4.45. The molecule has 0 aliphatic rings. The Kier molecular flexibility index (Phi) is 10.2. The van der Waals surface area contributed by atoms with Crippen molar-refractivity contribution in [1.29, 1.82) is 0 Å². The fraction of sp³-hybridized carbons (Fsp3) is 0.346. The van der Waals surface area contributed by atoms with Crippen molar-refractivity contribution < 1.29 is 33.7 Å². The lowest BCUT2D eigenvalue weighted by molar-refractivity contribution is -0.757. The van der Waals surface area contributed by atoms with E-state index in [4.69, 9.17) is 18.9 Å². The van der Waals surface area contributed by atoms with Crippen molar-refractivity contribution in [2.75, 3.05) is 34.5 Å². The summed E-state index contributed by atoms with van der Waals surface area (Å²) in [6, 6.07) is 19.7. The number of aromatic nitrogens is 2. The van der Waals surface area contributed by atoms with Gasteiger partial charge in [-0.1, -0.05) is 60.7 Å². The molecule has 3 rings (SSSR count). The second kappa shape index (κ2) is 13.7. The Labute approximate surface area is 220 Å². The molecule has 1 atom stereocenters. The Balaban J connectivity index is 2.03. The van der Waals surface area contributed by atoms with Crippen molar-refractivity contribution in [1.82, 2.24) is 15.3 Å². The molecule has 38 heavy (non-hydrogen) atoms. The highest BCUT2D eigenvalue weighted by molar-refractivity contribution is 5.83. The molecule has 1 heterocycles. The summed E-state index contributed by atoms with van der Waals surface area (Å²) in [7, 11) is 4.36. The van der Waals surface area contributed by atoms with Crippen molar-refractivity contribution in [2.24, 2.45) is 0 Å². The lowest BCUT2D eigenvalue weighted by atomic mass is 9.80. The number of ether oxygens (including phenoxy) is 4. The number of benzene rings is 2. The first-order chi connectivity index (χ1) is 18.4. The highest BCUT2D eigenvalue weighted by Gasteiger charge is 2.49. The molecule has 0 saturated carbocycles. The third-order valence-corrected chi connectivity index (χ3v) is 5.70. The first-order valence-electron chi connectivity index (χ1n) is 11.8. The largest absolute Gasteiger partial charge is 0.481 e. The SMILES string of the molecule is COc1cc(OC)nc(OC(C(=O)NCCCCO[N+](=O)[O-])C(OC)(c2ccccc2)c2ccccc2)n1. The molecule has 0 spiro atoms. The zero-order valence-electron chi connectivity index (χ0n) is 21.4. The number of unbranched alkanes of at least 4 members (excludes halogenated alkanes) is 1. The third-order valence-electron chi connectivity index (χ3n) is 5.70. The van der Waals surface area contributed by atoms with Crippen molar-refractivity contribution in [3.05, 3.63) is 88.0 Å². The van der Waals surface area contributed by atoms with E-state index in [0.29, 0.717) is 24.0 Å². The van der Waals surface area contributed by atoms with Crippen LogP contribution in [0.15, 0.2) is 66.7 Å². The zero-order chi connectivity index (χ0) is 27.4. The summed E-state index contributed by atoms with van der Waals surface area (Å²) in [6.07, 6.45) is -0.508. The van der Waals surface area contributed by atoms with Crippen LogP contribution >= 0.6 is 0 Å². The van der Waals surface area contributed by atoms with Crippen LogP contribution in [0.4, 0.5) is 0 Å². The first kappa shape index (κ1) is 28.1. The number of nitrogens with one attached hydrogen (secondary N) is 1. The van der Waals surface area contributed by atoms with Crippen LogP contribution in [0, 0.1) is 10.1 Å². The minimum absolute atomic E-state index is 0.0731. The van der Waals surface area contributed by atoms with Crippen LogP contribution in [-0.2, 0) is 20.0 Å². The number of methoxy groups -OCH3 is 3. The van der Waals surface area contributed by atoms with Gasteiger partial charge in [0.15, 0.2) is 5.60 Å². The Bertz CT molecular complexity index is 1120. The van der Waals surface area contributed by atoms with Gasteiger partial charge in [0.05, 0.1) is 26.9 Å². The summed E-state index contributed by atoms with van der Waals surface area (Å²) in [6.45, 7) is 0.141. The van der Waals surface area contributed by atoms with Gasteiger partial charge in [-0.3, -0.25) is 4.79 Å². The Morgan fingerprint density at radius 3 is 1.97 bits per heavy atom. The van der Waals surface area contributed by atoms with E-state index in [1.807, 2.05) is 60.7 Å². The van der Waals surface area contributed by atoms with E-state index >= 15 is 0 Å². The fourth-order valence-electron chi connectivity index (χ4n) is 3.93. The van der Waals surface area contributed by atoms with Gasteiger partial charge in [-0.05, 0) is 24.0 Å². The number of nitrogens with zero attached hydrogens (tertiary/aromatic N) is 3. The molecule has 0 saturated heterocycles. The number of rotatable bonds is 15. The van der Waals surface area contributed by atoms with Crippen LogP contribution in [-0.4, -0.2) is 61.5 Å². The average molecular weight is 527 g/mol. The van der Waals surface area contributed by atoms with Gasteiger partial charge in [-0.2, -0.15) is 9.97 Å². The van der Waals surface area contributed by atoms with Crippen LogP contribution in [0.1, 0.15) is 24.0 Å². The zero-order valence-corrected chi connectivity index (χ0v) is 21.4. The summed E-state index contributed by atoms with van der Waals surface area (Å²) < 4.78 is 22.8. The maximum atomic E-state index is 13.8. The van der Waals surface area contributed by atoms with Crippen LogP contribution in [0.25, 0.3) is 0 Å². The Morgan fingerprint density at radius 2 is 1.50 bits per heavy atom. The van der Waals surface area contributed by atoms with E-state index in [1.54, 1.807) is 0 Å². The minimum atomic E-state index is -1.42. The van der Waals surface area contributed by atoms with Gasteiger partial charge in [-0.25, -0.2) is 0 Å². The number of carbonyl (C=O) groups excluding carboxylic acids is 1. The lowest BCUT2D eigenvalue weighted by Gasteiger charge is -2.39. The van der Waals surface area contributed by atoms with E-state index in [9.17, 15) is 14.9 Å². The van der Waals surface area contributed by atoms with Crippen LogP contribution < -0.4 is 19.5 Å². The molecule has 0 aliphatic carbocycles. The van der Waals surface area contributed by atoms with E-state index in [-0.39, 0.29) is 30.9 Å². The second-order valence-electron chi connectivity index (χ2n) is 7.96. The lowest BCUT2D eigenvalue weighted by Crippen LogP contribution is -2.54. The predicted molar refractivity (Wildman–Crippen MR) is 135 cm³/mol. The monoisotopic (exact) mass is 526 g/mol. The molecule has 1 N–H and O–H groups in total. The number of carbonyl (C=O) groups is 1. The standard InChI is InChI=1S/C26H30N4O8/c1-34-21-18-22(35-2)29-25(28-21)38-23(24(31)27-16-10-11-17-37-30(32)33)26(36-3,19-12-6-4-7-13-19)20-14-8-5-9-15-20/h4-9,12-15,18,23H,10-11,16-17H2,1-3H3,(H,27,31). The van der Waals surface area contributed by atoms with Gasteiger partial charge in [0, 0.05) is 13.7 Å². The van der Waals surface area contributed by atoms with E-state index in [0.717, 1.165) is 0 Å². The van der Waals surface area contributed by atoms with Gasteiger partial charge in [-0.15, -0.1) is 10.1 Å². The third kappa shape index (κ3) is 6.85. The van der Waals surface area contributed by atoms with E-state index in [1.165, 1.54) is 27.4 Å². The average Bonchev–Trinajstić information content (AvgIpc) is 2.95. The molecular weight excluding hydrogens is 496 g/mol. The molecular formula is C26H30N4O8. The summed E-state index contributed by atoms with van der Waals surface area (Å²) in [4.78, 5) is 37.0. The highest BCUT2D eigenvalue weighted by atomic mass is 16.9.